The van der Waals surface area contributed by atoms with Gasteiger partial charge in [-0.2, -0.15) is 0 Å². The molecule has 0 aliphatic carbocycles. The van der Waals surface area contributed by atoms with Gasteiger partial charge in [0.05, 0.1) is 6.61 Å². The van der Waals surface area contributed by atoms with Crippen molar-refractivity contribution < 1.29 is 9.53 Å². The van der Waals surface area contributed by atoms with Crippen molar-refractivity contribution in [2.75, 3.05) is 11.9 Å². The van der Waals surface area contributed by atoms with Gasteiger partial charge in [0.2, 0.25) is 0 Å². The topological polar surface area (TPSA) is 51.2 Å². The van der Waals surface area contributed by atoms with E-state index in [0.29, 0.717) is 16.9 Å². The number of hydrogen-bond acceptors (Lipinski definition) is 3. The molecule has 0 unspecified atom stereocenters. The lowest BCUT2D eigenvalue weighted by Gasteiger charge is -2.04. The summed E-state index contributed by atoms with van der Waals surface area (Å²) in [5.41, 5.74) is 0.653. The monoisotopic (exact) mass is 244 g/mol. The van der Waals surface area contributed by atoms with E-state index in [0.717, 1.165) is 0 Å². The molecule has 0 radical (unpaired) electrons. The number of rotatable bonds is 2. The molecule has 4 nitrogen and oxygen atoms in total. The Balaban J connectivity index is 2.58. The minimum atomic E-state index is -0.458. The van der Waals surface area contributed by atoms with Crippen molar-refractivity contribution in [3.05, 3.63) is 22.9 Å². The van der Waals surface area contributed by atoms with E-state index < -0.39 is 6.09 Å². The largest absolute Gasteiger partial charge is 0.450 e. The number of pyridine rings is 1. The molecule has 0 saturated carbocycles. The molecule has 1 aromatic heterocycles. The zero-order valence-corrected chi connectivity index (χ0v) is 8.67. The van der Waals surface area contributed by atoms with E-state index in [4.69, 9.17) is 4.74 Å². The number of anilines is 1. The van der Waals surface area contributed by atoms with Crippen LogP contribution < -0.4 is 5.32 Å². The van der Waals surface area contributed by atoms with E-state index >= 15 is 0 Å². The summed E-state index contributed by atoms with van der Waals surface area (Å²) in [5, 5.41) is 2.55. The molecule has 0 aromatic carbocycles. The highest BCUT2D eigenvalue weighted by atomic mass is 79.9. The van der Waals surface area contributed by atoms with Crippen molar-refractivity contribution in [1.82, 2.24) is 4.98 Å². The van der Waals surface area contributed by atoms with Gasteiger partial charge in [-0.1, -0.05) is 0 Å². The number of amides is 1. The Hall–Kier alpha value is -1.10. The molecule has 0 aliphatic heterocycles. The maximum Gasteiger partial charge on any atom is 0.411 e. The van der Waals surface area contributed by atoms with Crippen LogP contribution >= 0.6 is 15.9 Å². The van der Waals surface area contributed by atoms with Gasteiger partial charge in [0, 0.05) is 11.9 Å². The lowest BCUT2D eigenvalue weighted by atomic mass is 10.4. The Bertz CT molecular complexity index is 304. The Morgan fingerprint density at radius 3 is 3.15 bits per heavy atom. The van der Waals surface area contributed by atoms with Crippen LogP contribution in [0.3, 0.4) is 0 Å². The summed E-state index contributed by atoms with van der Waals surface area (Å²) >= 11 is 3.19. The first-order chi connectivity index (χ1) is 6.22. The van der Waals surface area contributed by atoms with Crippen LogP contribution in [0.1, 0.15) is 6.92 Å². The molecule has 1 amide bonds. The molecule has 1 N–H and O–H groups in total. The van der Waals surface area contributed by atoms with Gasteiger partial charge >= 0.3 is 6.09 Å². The molecule has 1 rings (SSSR count). The zero-order valence-electron chi connectivity index (χ0n) is 7.08. The number of carbonyl (C=O) groups is 1. The molecule has 5 heteroatoms. The summed E-state index contributed by atoms with van der Waals surface area (Å²) in [6, 6.07) is 3.37. The third-order valence-corrected chi connectivity index (χ3v) is 1.68. The normalized spacial score (nSPS) is 9.38. The number of hydrogen-bond donors (Lipinski definition) is 1. The first-order valence-electron chi connectivity index (χ1n) is 3.77. The fourth-order valence-electron chi connectivity index (χ4n) is 0.765. The number of nitrogens with one attached hydrogen (secondary N) is 1. The Labute approximate surface area is 84.4 Å². The standard InChI is InChI=1S/C8H9BrN2O2/c1-2-13-8(12)11-6-3-4-10-7(9)5-6/h3-5H,2H2,1H3,(H,10,11,12). The van der Waals surface area contributed by atoms with Gasteiger partial charge in [-0.3, -0.25) is 5.32 Å². The van der Waals surface area contributed by atoms with E-state index in [-0.39, 0.29) is 0 Å². The lowest BCUT2D eigenvalue weighted by molar-refractivity contribution is 0.168. The predicted molar refractivity (Wildman–Crippen MR) is 52.6 cm³/mol. The molecular weight excluding hydrogens is 236 g/mol. The van der Waals surface area contributed by atoms with Gasteiger partial charge in [0.15, 0.2) is 0 Å². The lowest BCUT2D eigenvalue weighted by Crippen LogP contribution is -2.13. The average Bonchev–Trinajstić information content (AvgIpc) is 2.04. The first-order valence-corrected chi connectivity index (χ1v) is 4.57. The smallest absolute Gasteiger partial charge is 0.411 e. The maximum atomic E-state index is 11.0. The van der Waals surface area contributed by atoms with Crippen LogP contribution in [0.25, 0.3) is 0 Å². The summed E-state index contributed by atoms with van der Waals surface area (Å²) in [5.74, 6) is 0. The van der Waals surface area contributed by atoms with Gasteiger partial charge in [-0.15, -0.1) is 0 Å². The third-order valence-electron chi connectivity index (χ3n) is 1.25. The van der Waals surface area contributed by atoms with E-state index in [1.807, 2.05) is 0 Å². The Morgan fingerprint density at radius 1 is 1.77 bits per heavy atom. The highest BCUT2D eigenvalue weighted by Gasteiger charge is 2.01. The summed E-state index contributed by atoms with van der Waals surface area (Å²) in [6.07, 6.45) is 1.13. The molecule has 1 heterocycles. The highest BCUT2D eigenvalue weighted by Crippen LogP contribution is 2.12. The van der Waals surface area contributed by atoms with Gasteiger partial charge in [0.25, 0.3) is 0 Å². The fourth-order valence-corrected chi connectivity index (χ4v) is 1.13. The van der Waals surface area contributed by atoms with E-state index in [1.165, 1.54) is 0 Å². The van der Waals surface area contributed by atoms with E-state index in [1.54, 1.807) is 25.3 Å². The molecule has 0 spiro atoms. The van der Waals surface area contributed by atoms with Crippen molar-refractivity contribution in [3.8, 4) is 0 Å². The van der Waals surface area contributed by atoms with Crippen LogP contribution in [0.15, 0.2) is 22.9 Å². The number of ether oxygens (including phenoxy) is 1. The molecule has 0 aliphatic rings. The molecule has 1 aromatic rings. The number of aromatic nitrogens is 1. The van der Waals surface area contributed by atoms with Crippen molar-refractivity contribution >= 4 is 27.7 Å². The highest BCUT2D eigenvalue weighted by molar-refractivity contribution is 9.10. The Morgan fingerprint density at radius 2 is 2.54 bits per heavy atom. The van der Waals surface area contributed by atoms with Crippen LogP contribution in [-0.4, -0.2) is 17.7 Å². The van der Waals surface area contributed by atoms with E-state index in [2.05, 4.69) is 26.2 Å². The van der Waals surface area contributed by atoms with Crippen LogP contribution in [0.4, 0.5) is 10.5 Å². The molecule has 70 valence electrons. The SMILES string of the molecule is CCOC(=O)Nc1ccnc(Br)c1. The molecule has 0 atom stereocenters. The van der Waals surface area contributed by atoms with Gasteiger partial charge in [-0.05, 0) is 35.0 Å². The molecule has 0 fully saturated rings. The van der Waals surface area contributed by atoms with Gasteiger partial charge in [0.1, 0.15) is 4.60 Å². The second-order valence-electron chi connectivity index (χ2n) is 2.21. The molecule has 13 heavy (non-hydrogen) atoms. The van der Waals surface area contributed by atoms with Crippen LogP contribution in [0.5, 0.6) is 0 Å². The Kier molecular flexibility index (Phi) is 3.70. The summed E-state index contributed by atoms with van der Waals surface area (Å²) < 4.78 is 5.37. The average molecular weight is 245 g/mol. The van der Waals surface area contributed by atoms with Crippen molar-refractivity contribution in [2.45, 2.75) is 6.92 Å². The number of carbonyl (C=O) groups excluding carboxylic acids is 1. The quantitative estimate of drug-likeness (QED) is 0.814. The molecular formula is C8H9BrN2O2. The zero-order chi connectivity index (χ0) is 9.68. The summed E-state index contributed by atoms with van der Waals surface area (Å²) in [4.78, 5) is 14.9. The minimum Gasteiger partial charge on any atom is -0.450 e. The second kappa shape index (κ2) is 4.81. The predicted octanol–water partition coefficient (Wildman–Crippen LogP) is 2.41. The third kappa shape index (κ3) is 3.42. The van der Waals surface area contributed by atoms with Crippen molar-refractivity contribution in [2.24, 2.45) is 0 Å². The van der Waals surface area contributed by atoms with E-state index in [9.17, 15) is 4.79 Å². The van der Waals surface area contributed by atoms with Crippen LogP contribution in [0, 0.1) is 0 Å². The molecule has 0 saturated heterocycles. The minimum absolute atomic E-state index is 0.359. The van der Waals surface area contributed by atoms with Crippen molar-refractivity contribution in [1.29, 1.82) is 0 Å². The number of nitrogens with zero attached hydrogens (tertiary/aromatic N) is 1. The van der Waals surface area contributed by atoms with Crippen LogP contribution in [-0.2, 0) is 4.74 Å². The number of halogens is 1. The van der Waals surface area contributed by atoms with Crippen LogP contribution in [0.2, 0.25) is 0 Å². The maximum absolute atomic E-state index is 11.0. The summed E-state index contributed by atoms with van der Waals surface area (Å²) in [7, 11) is 0. The summed E-state index contributed by atoms with van der Waals surface area (Å²) in [6.45, 7) is 2.11. The molecule has 0 bridgehead atoms. The fraction of sp³-hybridized carbons (Fsp3) is 0.250. The van der Waals surface area contributed by atoms with Crippen molar-refractivity contribution in [3.63, 3.8) is 0 Å². The second-order valence-corrected chi connectivity index (χ2v) is 3.03. The van der Waals surface area contributed by atoms with Gasteiger partial charge < -0.3 is 4.74 Å². The first kappa shape index (κ1) is 9.98. The van der Waals surface area contributed by atoms with Gasteiger partial charge in [-0.25, -0.2) is 9.78 Å².